The molecule has 0 radical (unpaired) electrons. The number of rotatable bonds is 5. The molecule has 4 heterocycles. The molecule has 2 amide bonds. The van der Waals surface area contributed by atoms with Gasteiger partial charge in [-0.1, -0.05) is 25.3 Å². The smallest absolute Gasteiger partial charge is 0.271 e. The highest BCUT2D eigenvalue weighted by atomic mass is 16.3. The molecule has 1 saturated carbocycles. The van der Waals surface area contributed by atoms with Gasteiger partial charge in [-0.3, -0.25) is 14.6 Å². The largest absolute Gasteiger partial charge is 0.463 e. The number of hydrogen-bond donors (Lipinski definition) is 1. The normalized spacial score (nSPS) is 21.4. The Morgan fingerprint density at radius 3 is 2.69 bits per heavy atom. The summed E-state index contributed by atoms with van der Waals surface area (Å²) in [6.07, 6.45) is 10.5. The first-order chi connectivity index (χ1) is 15.6. The first-order valence-corrected chi connectivity index (χ1v) is 11.3. The Kier molecular flexibility index (Phi) is 5.33. The zero-order valence-electron chi connectivity index (χ0n) is 18.3. The predicted octanol–water partition coefficient (Wildman–Crippen LogP) is 4.01. The van der Waals surface area contributed by atoms with Crippen LogP contribution in [0.25, 0.3) is 11.5 Å². The molecule has 1 aliphatic carbocycles. The first kappa shape index (κ1) is 20.5. The topological polar surface area (TPSA) is 80.4 Å². The van der Waals surface area contributed by atoms with Crippen molar-refractivity contribution in [2.75, 3.05) is 0 Å². The molecule has 0 aromatic carbocycles. The summed E-state index contributed by atoms with van der Waals surface area (Å²) in [7, 11) is 0. The van der Waals surface area contributed by atoms with E-state index in [2.05, 4.69) is 10.3 Å². The first-order valence-electron chi connectivity index (χ1n) is 11.3. The lowest BCUT2D eigenvalue weighted by Crippen LogP contribution is -2.64. The van der Waals surface area contributed by atoms with Gasteiger partial charge in [-0.15, -0.1) is 0 Å². The molecular weight excluding hydrogens is 404 g/mol. The fraction of sp³-hybridized carbons (Fsp3) is 0.400. The highest BCUT2D eigenvalue weighted by molar-refractivity contribution is 6.00. The van der Waals surface area contributed by atoms with Crippen LogP contribution < -0.4 is 5.32 Å². The van der Waals surface area contributed by atoms with Gasteiger partial charge in [0.2, 0.25) is 5.91 Å². The minimum absolute atomic E-state index is 0.105. The third-order valence-electron chi connectivity index (χ3n) is 6.77. The quantitative estimate of drug-likeness (QED) is 0.661. The second kappa shape index (κ2) is 8.30. The molecule has 166 valence electrons. The summed E-state index contributed by atoms with van der Waals surface area (Å²) in [5, 5.41) is 3.26. The predicted molar refractivity (Wildman–Crippen MR) is 120 cm³/mol. The maximum atomic E-state index is 13.7. The molecule has 1 fully saturated rings. The molecule has 1 aliphatic heterocycles. The van der Waals surface area contributed by atoms with Crippen LogP contribution in [0.4, 0.5) is 0 Å². The number of furan rings is 1. The molecule has 5 rings (SSSR count). The minimum atomic E-state index is -1.04. The van der Waals surface area contributed by atoms with E-state index < -0.39 is 5.54 Å². The van der Waals surface area contributed by atoms with Crippen LogP contribution in [-0.2, 0) is 17.9 Å². The zero-order chi connectivity index (χ0) is 22.1. The van der Waals surface area contributed by atoms with Crippen LogP contribution in [-0.4, -0.2) is 37.8 Å². The Morgan fingerprint density at radius 2 is 1.97 bits per heavy atom. The maximum absolute atomic E-state index is 13.7. The fourth-order valence-electron chi connectivity index (χ4n) is 4.92. The Bertz CT molecular complexity index is 1100. The number of carbonyl (C=O) groups excluding carboxylic acids is 2. The molecule has 7 heteroatoms. The average Bonchev–Trinajstić information content (AvgIpc) is 3.48. The number of nitrogens with zero attached hydrogens (tertiary/aromatic N) is 3. The summed E-state index contributed by atoms with van der Waals surface area (Å²) in [5.41, 5.74) is 1.21. The molecule has 0 spiro atoms. The second-order valence-corrected chi connectivity index (χ2v) is 9.00. The minimum Gasteiger partial charge on any atom is -0.463 e. The molecule has 32 heavy (non-hydrogen) atoms. The van der Waals surface area contributed by atoms with Gasteiger partial charge in [0.05, 0.1) is 18.5 Å². The third kappa shape index (κ3) is 3.61. The van der Waals surface area contributed by atoms with Crippen molar-refractivity contribution in [2.24, 2.45) is 0 Å². The molecule has 0 unspecified atom stereocenters. The van der Waals surface area contributed by atoms with Crippen LogP contribution in [0.5, 0.6) is 0 Å². The van der Waals surface area contributed by atoms with Gasteiger partial charge in [0.25, 0.3) is 5.91 Å². The van der Waals surface area contributed by atoms with Crippen LogP contribution in [0, 0.1) is 0 Å². The van der Waals surface area contributed by atoms with E-state index in [-0.39, 0.29) is 17.9 Å². The Labute approximate surface area is 187 Å². The molecule has 1 N–H and O–H groups in total. The fourth-order valence-corrected chi connectivity index (χ4v) is 4.92. The summed E-state index contributed by atoms with van der Waals surface area (Å²) in [6, 6.07) is 11.3. The van der Waals surface area contributed by atoms with Gasteiger partial charge in [-0.25, -0.2) is 0 Å². The van der Waals surface area contributed by atoms with Gasteiger partial charge in [0.1, 0.15) is 17.0 Å². The van der Waals surface area contributed by atoms with Crippen molar-refractivity contribution in [3.63, 3.8) is 0 Å². The summed E-state index contributed by atoms with van der Waals surface area (Å²) in [5.74, 6) is 0.408. The molecule has 3 aromatic heterocycles. The lowest BCUT2D eigenvalue weighted by atomic mass is 9.91. The van der Waals surface area contributed by atoms with Crippen molar-refractivity contribution in [2.45, 2.75) is 63.7 Å². The van der Waals surface area contributed by atoms with Crippen LogP contribution in [0.1, 0.15) is 55.1 Å². The number of pyridine rings is 1. The Hall–Kier alpha value is -3.35. The summed E-state index contributed by atoms with van der Waals surface area (Å²) >= 11 is 0. The van der Waals surface area contributed by atoms with E-state index in [4.69, 9.17) is 4.42 Å². The van der Waals surface area contributed by atoms with Crippen molar-refractivity contribution in [3.05, 3.63) is 66.3 Å². The van der Waals surface area contributed by atoms with Crippen LogP contribution in [0.3, 0.4) is 0 Å². The van der Waals surface area contributed by atoms with Crippen molar-refractivity contribution < 1.29 is 14.0 Å². The van der Waals surface area contributed by atoms with Gasteiger partial charge in [0.15, 0.2) is 0 Å². The van der Waals surface area contributed by atoms with E-state index in [0.29, 0.717) is 24.5 Å². The lowest BCUT2D eigenvalue weighted by molar-refractivity contribution is -0.134. The number of aromatic nitrogens is 2. The summed E-state index contributed by atoms with van der Waals surface area (Å²) in [4.78, 5) is 33.3. The van der Waals surface area contributed by atoms with E-state index in [9.17, 15) is 9.59 Å². The molecule has 7 nitrogen and oxygen atoms in total. The van der Waals surface area contributed by atoms with Gasteiger partial charge in [-0.05, 0) is 55.7 Å². The number of hydrogen-bond acceptors (Lipinski definition) is 4. The van der Waals surface area contributed by atoms with E-state index in [1.54, 1.807) is 23.6 Å². The highest BCUT2D eigenvalue weighted by Crippen LogP contribution is 2.34. The Morgan fingerprint density at radius 1 is 1.16 bits per heavy atom. The third-order valence-corrected chi connectivity index (χ3v) is 6.77. The summed E-state index contributed by atoms with van der Waals surface area (Å²) in [6.45, 7) is 2.55. The van der Waals surface area contributed by atoms with Crippen molar-refractivity contribution >= 4 is 11.8 Å². The van der Waals surface area contributed by atoms with Crippen molar-refractivity contribution in [1.82, 2.24) is 19.8 Å². The lowest BCUT2D eigenvalue weighted by Gasteiger charge is -2.45. The van der Waals surface area contributed by atoms with E-state index in [0.717, 1.165) is 36.9 Å². The molecule has 0 bridgehead atoms. The van der Waals surface area contributed by atoms with Gasteiger partial charge in [0, 0.05) is 25.0 Å². The molecule has 3 aromatic rings. The van der Waals surface area contributed by atoms with Gasteiger partial charge in [-0.2, -0.15) is 0 Å². The van der Waals surface area contributed by atoms with Crippen LogP contribution in [0.15, 0.2) is 59.5 Å². The van der Waals surface area contributed by atoms with Crippen LogP contribution >= 0.6 is 0 Å². The molecule has 2 aliphatic rings. The zero-order valence-corrected chi connectivity index (χ0v) is 18.3. The standard InChI is InChI=1S/C25H28N4O3/c1-25(24(31)27-19-8-3-2-4-9-19)17-28-20(22-10-6-14-32-22)11-12-21(28)23(30)29(25)16-18-7-5-13-26-15-18/h5-7,10-15,19H,2-4,8-9,16-17H2,1H3,(H,27,31)/t25-/m1/s1. The van der Waals surface area contributed by atoms with Gasteiger partial charge < -0.3 is 19.2 Å². The second-order valence-electron chi connectivity index (χ2n) is 9.00. The molecular formula is C25H28N4O3. The number of nitrogens with one attached hydrogen (secondary N) is 1. The molecule has 1 atom stereocenters. The number of carbonyl (C=O) groups is 2. The average molecular weight is 433 g/mol. The maximum Gasteiger partial charge on any atom is 0.271 e. The number of fused-ring (bicyclic) bond motifs is 1. The van der Waals surface area contributed by atoms with E-state index in [1.165, 1.54) is 6.42 Å². The Balaban J connectivity index is 1.52. The van der Waals surface area contributed by atoms with Crippen LogP contribution in [0.2, 0.25) is 0 Å². The molecule has 0 saturated heterocycles. The van der Waals surface area contributed by atoms with E-state index in [1.807, 2.05) is 47.9 Å². The van der Waals surface area contributed by atoms with Gasteiger partial charge >= 0.3 is 0 Å². The SMILES string of the molecule is C[C@]1(C(=O)NC2CCCCC2)Cn2c(ccc2-c2ccco2)C(=O)N1Cc1cccnc1. The highest BCUT2D eigenvalue weighted by Gasteiger charge is 2.48. The monoisotopic (exact) mass is 432 g/mol. The van der Waals surface area contributed by atoms with E-state index >= 15 is 0 Å². The number of amides is 2. The summed E-state index contributed by atoms with van der Waals surface area (Å²) < 4.78 is 7.52. The van der Waals surface area contributed by atoms with Crippen molar-refractivity contribution in [3.8, 4) is 11.5 Å². The van der Waals surface area contributed by atoms with Crippen molar-refractivity contribution in [1.29, 1.82) is 0 Å².